The Kier molecular flexibility index (Phi) is 33.4. The second kappa shape index (κ2) is 38.8. The highest BCUT2D eigenvalue weighted by atomic mass is 79.9. The van der Waals surface area contributed by atoms with E-state index >= 15 is 0 Å². The molecule has 0 saturated heterocycles. The Bertz CT molecular complexity index is 3190. The molecule has 0 amide bonds. The minimum atomic E-state index is -1.59. The van der Waals surface area contributed by atoms with Gasteiger partial charge in [-0.2, -0.15) is 0 Å². The van der Waals surface area contributed by atoms with Crippen molar-refractivity contribution in [1.29, 1.82) is 0 Å². The van der Waals surface area contributed by atoms with Crippen molar-refractivity contribution in [2.24, 2.45) is 41.4 Å². The highest BCUT2D eigenvalue weighted by Crippen LogP contribution is 2.26. The Morgan fingerprint density at radius 1 is 0.435 bits per heavy atom. The van der Waals surface area contributed by atoms with Crippen molar-refractivity contribution in [2.45, 2.75) is 162 Å². The van der Waals surface area contributed by atoms with Crippen LogP contribution in [0.3, 0.4) is 0 Å². The molecule has 460 valence electrons. The standard InChI is InChI=1S/C14H16.C12H15N.C11H12F4.C11H16.C10H13Br.C10H12F2.C9H14/c1-11(2)9-12-7-8-13-5-3-4-6-14(13)10-12;1-9(2)7-10-8-13-12-6-4-3-5-11(10)12;1-5(2)4-7-8(12)6(3)9(13)11(15)10(7)14;1-10(2)8-9-11-6-4-3-5-7-11;1-8(2)7-9-5-3-4-6-10(9)11;1-7(2)3-8-4-9(11)6-10(12)5-8;1-8(2)7-9-5-3-4-6-9/h3-8,10-11H,9H2,1-2H3;3-6,8-9,13H,7H2,1-2H3;5H,4H2,1-3H3;3-7,10H,8-9H2,1-2H3;3-6,8H,7H2,1-2H3;4-7H,3H2,1-2H3;3,5-6,8H,4,7H2,1-2H3. The van der Waals surface area contributed by atoms with Crippen molar-refractivity contribution in [1.82, 2.24) is 4.98 Å². The largest absolute Gasteiger partial charge is 0.361 e. The second-order valence-electron chi connectivity index (χ2n) is 25.2. The maximum atomic E-state index is 13.4. The van der Waals surface area contributed by atoms with Gasteiger partial charge in [0.1, 0.15) is 17.5 Å². The molecule has 9 rings (SSSR count). The molecule has 1 aliphatic rings. The van der Waals surface area contributed by atoms with Crippen LogP contribution in [0.4, 0.5) is 26.3 Å². The minimum Gasteiger partial charge on any atom is -0.361 e. The zero-order chi connectivity index (χ0) is 63.2. The van der Waals surface area contributed by atoms with Crippen LogP contribution in [0.15, 0.2) is 174 Å². The van der Waals surface area contributed by atoms with Crippen LogP contribution in [0.2, 0.25) is 0 Å². The Balaban J connectivity index is 0.000000261. The lowest BCUT2D eigenvalue weighted by Gasteiger charge is -2.11. The van der Waals surface area contributed by atoms with Crippen LogP contribution in [-0.4, -0.2) is 4.98 Å². The number of H-pyrrole nitrogens is 1. The van der Waals surface area contributed by atoms with Crippen molar-refractivity contribution >= 4 is 37.6 Å². The summed E-state index contributed by atoms with van der Waals surface area (Å²) in [5, 5.41) is 4.06. The molecule has 0 saturated carbocycles. The van der Waals surface area contributed by atoms with Crippen molar-refractivity contribution in [3.63, 3.8) is 0 Å². The summed E-state index contributed by atoms with van der Waals surface area (Å²) in [6, 6.07) is 46.5. The molecule has 0 spiro atoms. The smallest absolute Gasteiger partial charge is 0.195 e. The topological polar surface area (TPSA) is 15.8 Å². The number of aryl methyl sites for hydroxylation is 1. The first kappa shape index (κ1) is 73.1. The number of nitrogens with one attached hydrogen (secondary N) is 1. The highest BCUT2D eigenvalue weighted by molar-refractivity contribution is 9.10. The molecule has 1 nitrogen and oxygen atoms in total. The number of fused-ring (bicyclic) bond motifs is 2. The maximum Gasteiger partial charge on any atom is 0.195 e. The first-order valence-corrected chi connectivity index (χ1v) is 31.4. The van der Waals surface area contributed by atoms with Gasteiger partial charge in [0.2, 0.25) is 0 Å². The molecule has 8 heteroatoms. The molecule has 7 aromatic carbocycles. The first-order chi connectivity index (χ1) is 40.2. The van der Waals surface area contributed by atoms with Gasteiger partial charge in [-0.15, -0.1) is 0 Å². The first-order valence-electron chi connectivity index (χ1n) is 30.7. The fraction of sp³-hybridized carbons (Fsp3) is 0.403. The number of hydrogen-bond acceptors (Lipinski definition) is 0. The number of halogens is 7. The van der Waals surface area contributed by atoms with Crippen LogP contribution in [-0.2, 0) is 38.5 Å². The average molecular weight is 1230 g/mol. The molecule has 1 aromatic heterocycles. The Morgan fingerprint density at radius 3 is 1.53 bits per heavy atom. The van der Waals surface area contributed by atoms with E-state index in [0.717, 1.165) is 67.4 Å². The highest BCUT2D eigenvalue weighted by Gasteiger charge is 2.23. The van der Waals surface area contributed by atoms with Gasteiger partial charge in [0.15, 0.2) is 17.5 Å². The van der Waals surface area contributed by atoms with Crippen molar-refractivity contribution in [3.05, 3.63) is 248 Å². The molecular formula is C77H98BrF6N. The minimum absolute atomic E-state index is 0.0294. The van der Waals surface area contributed by atoms with E-state index in [1.807, 2.05) is 19.9 Å². The Labute approximate surface area is 517 Å². The van der Waals surface area contributed by atoms with Crippen LogP contribution >= 0.6 is 15.9 Å². The summed E-state index contributed by atoms with van der Waals surface area (Å²) in [6.07, 6.45) is 18.1. The summed E-state index contributed by atoms with van der Waals surface area (Å²) < 4.78 is 79.0. The number of aromatic nitrogens is 1. The zero-order valence-electron chi connectivity index (χ0n) is 53.6. The maximum absolute atomic E-state index is 13.4. The van der Waals surface area contributed by atoms with E-state index in [9.17, 15) is 26.3 Å². The second-order valence-corrected chi connectivity index (χ2v) is 26.0. The third-order valence-electron chi connectivity index (χ3n) is 13.4. The number of aromatic amines is 1. The number of para-hydroxylation sites is 1. The lowest BCUT2D eigenvalue weighted by atomic mass is 9.99. The van der Waals surface area contributed by atoms with Gasteiger partial charge in [-0.1, -0.05) is 246 Å². The summed E-state index contributed by atoms with van der Waals surface area (Å²) in [6.45, 7) is 31.2. The number of allylic oxidation sites excluding steroid dienone is 4. The quantitative estimate of drug-likeness (QED) is 0.0598. The molecule has 1 N–H and O–H groups in total. The fourth-order valence-electron chi connectivity index (χ4n) is 9.51. The molecule has 85 heavy (non-hydrogen) atoms. The van der Waals surface area contributed by atoms with Crippen molar-refractivity contribution in [3.8, 4) is 0 Å². The van der Waals surface area contributed by atoms with Gasteiger partial charge < -0.3 is 4.98 Å². The molecule has 0 bridgehead atoms. The van der Waals surface area contributed by atoms with E-state index in [4.69, 9.17) is 0 Å². The van der Waals surface area contributed by atoms with Crippen LogP contribution in [0, 0.1) is 83.3 Å². The molecule has 8 aromatic rings. The molecule has 0 unspecified atom stereocenters. The average Bonchev–Trinajstić information content (AvgIpc) is 3.78. The van der Waals surface area contributed by atoms with Gasteiger partial charge >= 0.3 is 0 Å². The third kappa shape index (κ3) is 28.8. The van der Waals surface area contributed by atoms with Gasteiger partial charge in [-0.25, -0.2) is 26.3 Å². The van der Waals surface area contributed by atoms with Gasteiger partial charge in [0.25, 0.3) is 0 Å². The van der Waals surface area contributed by atoms with Crippen molar-refractivity contribution < 1.29 is 26.3 Å². The Hall–Kier alpha value is -6.12. The zero-order valence-corrected chi connectivity index (χ0v) is 55.2. The molecule has 0 fully saturated rings. The predicted molar refractivity (Wildman–Crippen MR) is 357 cm³/mol. The molecule has 0 atom stereocenters. The monoisotopic (exact) mass is 1230 g/mol. The number of rotatable bonds is 15. The fourth-order valence-corrected chi connectivity index (χ4v) is 9.96. The summed E-state index contributed by atoms with van der Waals surface area (Å²) in [5.74, 6) is -2.23. The van der Waals surface area contributed by atoms with Crippen LogP contribution in [0.5, 0.6) is 0 Å². The van der Waals surface area contributed by atoms with Gasteiger partial charge in [0.05, 0.1) is 0 Å². The molecule has 0 aliphatic heterocycles. The van der Waals surface area contributed by atoms with E-state index < -0.39 is 40.5 Å². The SMILES string of the molecule is CC(C)CC1=CCC=C1.CC(C)CCc1ccccc1.CC(C)Cc1c[nH]c2ccccc12.CC(C)Cc1cc(F)cc(F)c1.CC(C)Cc1ccc2ccccc2c1.CC(C)Cc1ccccc1Br.Cc1c(F)c(F)c(F)c(CC(C)C)c1F. The third-order valence-corrected chi connectivity index (χ3v) is 14.2. The summed E-state index contributed by atoms with van der Waals surface area (Å²) >= 11 is 3.52. The number of hydrogen-bond donors (Lipinski definition) is 1. The van der Waals surface area contributed by atoms with Gasteiger partial charge in [0, 0.05) is 38.8 Å². The van der Waals surface area contributed by atoms with Gasteiger partial charge in [-0.05, 0) is 169 Å². The van der Waals surface area contributed by atoms with E-state index in [1.54, 1.807) is 13.8 Å². The summed E-state index contributed by atoms with van der Waals surface area (Å²) in [5.41, 5.74) is 8.39. The summed E-state index contributed by atoms with van der Waals surface area (Å²) in [4.78, 5) is 3.29. The Morgan fingerprint density at radius 2 is 0.965 bits per heavy atom. The molecule has 0 radical (unpaired) electrons. The molecule has 1 heterocycles. The van der Waals surface area contributed by atoms with E-state index in [2.05, 4.69) is 230 Å². The number of benzene rings is 7. The van der Waals surface area contributed by atoms with Crippen LogP contribution in [0.1, 0.15) is 155 Å². The summed E-state index contributed by atoms with van der Waals surface area (Å²) in [7, 11) is 0. The van der Waals surface area contributed by atoms with Gasteiger partial charge in [-0.3, -0.25) is 0 Å². The molecular weight excluding hydrogens is 1130 g/mol. The van der Waals surface area contributed by atoms with E-state index in [1.165, 1.54) is 91.8 Å². The van der Waals surface area contributed by atoms with E-state index in [0.29, 0.717) is 12.3 Å². The molecule has 1 aliphatic carbocycles. The van der Waals surface area contributed by atoms with E-state index in [-0.39, 0.29) is 17.9 Å². The van der Waals surface area contributed by atoms with Crippen LogP contribution in [0.25, 0.3) is 21.7 Å². The van der Waals surface area contributed by atoms with Crippen molar-refractivity contribution in [2.75, 3.05) is 0 Å². The normalized spacial score (nSPS) is 11.6. The predicted octanol–water partition coefficient (Wildman–Crippen LogP) is 24.2. The van der Waals surface area contributed by atoms with Crippen LogP contribution < -0.4 is 0 Å². The lowest BCUT2D eigenvalue weighted by Crippen LogP contribution is -2.08. The lowest BCUT2D eigenvalue weighted by molar-refractivity contribution is 0.413.